The van der Waals surface area contributed by atoms with E-state index in [1.807, 2.05) is 6.08 Å². The number of rotatable bonds is 10. The van der Waals surface area contributed by atoms with Gasteiger partial charge in [0.25, 0.3) is 0 Å². The van der Waals surface area contributed by atoms with Crippen molar-refractivity contribution in [2.75, 3.05) is 0 Å². The summed E-state index contributed by atoms with van der Waals surface area (Å²) in [6, 6.07) is 0. The summed E-state index contributed by atoms with van der Waals surface area (Å²) in [5, 5.41) is 3.53. The van der Waals surface area contributed by atoms with E-state index in [2.05, 4.69) is 108 Å². The number of hydrogen-bond acceptors (Lipinski definition) is 5. The number of amides is 1. The average Bonchev–Trinajstić information content (AvgIpc) is 2.83. The maximum atomic E-state index is 13.4. The Labute approximate surface area is 254 Å². The van der Waals surface area contributed by atoms with E-state index in [9.17, 15) is 9.59 Å². The smallest absolute Gasteiger partial charge is 0.225 e. The second-order valence-corrected chi connectivity index (χ2v) is 25.7. The topological polar surface area (TPSA) is 73.9 Å². The minimum Gasteiger partial charge on any atom is -0.413 e. The van der Waals surface area contributed by atoms with Gasteiger partial charge >= 0.3 is 0 Å². The van der Waals surface area contributed by atoms with Crippen molar-refractivity contribution >= 4 is 28.8 Å². The molecule has 41 heavy (non-hydrogen) atoms. The minimum atomic E-state index is -2.13. The molecule has 8 heteroatoms. The van der Waals surface area contributed by atoms with Crippen LogP contribution in [0.5, 0.6) is 0 Å². The molecule has 238 valence electrons. The number of ether oxygens (including phenoxy) is 1. The predicted octanol–water partition coefficient (Wildman–Crippen LogP) is 8.10. The second kappa shape index (κ2) is 13.0. The normalized spacial score (nSPS) is 33.6. The Morgan fingerprint density at radius 2 is 1.61 bits per heavy atom. The largest absolute Gasteiger partial charge is 0.413 e. The maximum absolute atomic E-state index is 13.4. The van der Waals surface area contributed by atoms with Crippen molar-refractivity contribution < 1.29 is 23.2 Å². The van der Waals surface area contributed by atoms with E-state index < -0.39 is 22.4 Å². The lowest BCUT2D eigenvalue weighted by Crippen LogP contribution is -2.72. The molecule has 0 aromatic heterocycles. The molecule has 1 N–H and O–H groups in total. The van der Waals surface area contributed by atoms with Crippen LogP contribution in [0.2, 0.25) is 36.3 Å². The van der Waals surface area contributed by atoms with Gasteiger partial charge in [0, 0.05) is 23.7 Å². The molecule has 0 aliphatic carbocycles. The van der Waals surface area contributed by atoms with Crippen molar-refractivity contribution in [1.29, 1.82) is 0 Å². The van der Waals surface area contributed by atoms with Crippen LogP contribution < -0.4 is 5.32 Å². The van der Waals surface area contributed by atoms with Gasteiger partial charge < -0.3 is 18.9 Å². The van der Waals surface area contributed by atoms with Crippen molar-refractivity contribution in [3.63, 3.8) is 0 Å². The predicted molar refractivity (Wildman–Crippen MR) is 175 cm³/mol. The Balaban J connectivity index is 2.59. The fraction of sp³-hybridized carbons (Fsp3) is 0.879. The SMILES string of the molecule is CC[C@H]1C[C@H](C)[C@@]2(NC1=O)O[C@@H](C[C@H](O[Si](C)(C)C(C)(C)C)[C@@H](C)/C=C/C=O)[C@H](C)[C@H](O[Si](C)(C)C(C)(C)C)[C@@H]2C. The average molecular weight is 610 g/mol. The Kier molecular flexibility index (Phi) is 11.6. The van der Waals surface area contributed by atoms with Crippen molar-refractivity contribution in [2.45, 2.75) is 156 Å². The molecular formula is C33H63NO5Si2. The van der Waals surface area contributed by atoms with Gasteiger partial charge in [-0.15, -0.1) is 0 Å². The number of piperidine rings is 1. The van der Waals surface area contributed by atoms with Gasteiger partial charge in [0.1, 0.15) is 12.0 Å². The molecule has 2 aliphatic rings. The third-order valence-corrected chi connectivity index (χ3v) is 20.2. The van der Waals surface area contributed by atoms with Gasteiger partial charge in [0.05, 0.1) is 18.3 Å². The number of allylic oxidation sites excluding steroid dienone is 1. The van der Waals surface area contributed by atoms with E-state index >= 15 is 0 Å². The number of carbonyl (C=O) groups is 2. The zero-order valence-electron chi connectivity index (χ0n) is 29.0. The lowest BCUT2D eigenvalue weighted by atomic mass is 9.69. The van der Waals surface area contributed by atoms with Crippen molar-refractivity contribution in [2.24, 2.45) is 29.6 Å². The highest BCUT2D eigenvalue weighted by Crippen LogP contribution is 2.50. The summed E-state index contributed by atoms with van der Waals surface area (Å²) in [5.41, 5.74) is -0.795. The molecule has 0 aromatic carbocycles. The summed E-state index contributed by atoms with van der Waals surface area (Å²) >= 11 is 0. The molecule has 2 fully saturated rings. The summed E-state index contributed by atoms with van der Waals surface area (Å²) < 4.78 is 21.5. The molecule has 0 aromatic rings. The number of carbonyl (C=O) groups excluding carboxylic acids is 2. The molecule has 9 atom stereocenters. The molecule has 1 amide bonds. The van der Waals surface area contributed by atoms with Gasteiger partial charge in [-0.25, -0.2) is 0 Å². The highest BCUT2D eigenvalue weighted by atomic mass is 28.4. The first kappa shape index (κ1) is 36.4. The van der Waals surface area contributed by atoms with E-state index in [0.29, 0.717) is 6.42 Å². The van der Waals surface area contributed by atoms with Gasteiger partial charge in [-0.2, -0.15) is 0 Å². The van der Waals surface area contributed by atoms with Crippen LogP contribution in [-0.4, -0.2) is 52.9 Å². The van der Waals surface area contributed by atoms with Crippen LogP contribution in [-0.2, 0) is 23.2 Å². The van der Waals surface area contributed by atoms with Crippen LogP contribution in [0.25, 0.3) is 0 Å². The lowest BCUT2D eigenvalue weighted by Gasteiger charge is -2.59. The Morgan fingerprint density at radius 1 is 1.05 bits per heavy atom. The summed E-state index contributed by atoms with van der Waals surface area (Å²) in [5.74, 6) is 0.369. The van der Waals surface area contributed by atoms with E-state index in [0.717, 1.165) is 19.1 Å². The van der Waals surface area contributed by atoms with Gasteiger partial charge in [0.15, 0.2) is 16.6 Å². The Morgan fingerprint density at radius 3 is 2.10 bits per heavy atom. The van der Waals surface area contributed by atoms with Gasteiger partial charge in [-0.3, -0.25) is 9.59 Å². The first-order valence-corrected chi connectivity index (χ1v) is 21.8. The molecule has 2 rings (SSSR count). The molecular weight excluding hydrogens is 547 g/mol. The van der Waals surface area contributed by atoms with E-state index in [1.54, 1.807) is 6.08 Å². The fourth-order valence-corrected chi connectivity index (χ4v) is 8.93. The number of hydrogen-bond donors (Lipinski definition) is 1. The fourth-order valence-electron chi connectivity index (χ4n) is 6.05. The van der Waals surface area contributed by atoms with Crippen molar-refractivity contribution in [3.05, 3.63) is 12.2 Å². The number of nitrogens with one attached hydrogen (secondary N) is 1. The minimum absolute atomic E-state index is 0.00662. The van der Waals surface area contributed by atoms with Crippen LogP contribution in [0.4, 0.5) is 0 Å². The molecule has 2 heterocycles. The van der Waals surface area contributed by atoms with E-state index in [4.69, 9.17) is 13.6 Å². The summed E-state index contributed by atoms with van der Waals surface area (Å²) in [4.78, 5) is 24.6. The molecule has 0 saturated carbocycles. The number of aldehydes is 1. The molecule has 6 nitrogen and oxygen atoms in total. The van der Waals surface area contributed by atoms with Gasteiger partial charge in [0.2, 0.25) is 5.91 Å². The molecule has 1 spiro atoms. The first-order valence-electron chi connectivity index (χ1n) is 16.0. The van der Waals surface area contributed by atoms with Crippen LogP contribution in [0.3, 0.4) is 0 Å². The third-order valence-electron chi connectivity index (χ3n) is 11.2. The van der Waals surface area contributed by atoms with E-state index in [1.165, 1.54) is 0 Å². The summed E-state index contributed by atoms with van der Waals surface area (Å²) in [6.07, 6.45) is 6.31. The highest BCUT2D eigenvalue weighted by molar-refractivity contribution is 6.74. The maximum Gasteiger partial charge on any atom is 0.225 e. The second-order valence-electron chi connectivity index (χ2n) is 16.2. The molecule has 2 aliphatic heterocycles. The van der Waals surface area contributed by atoms with Crippen LogP contribution in [0.15, 0.2) is 12.2 Å². The quantitative estimate of drug-likeness (QED) is 0.154. The van der Waals surface area contributed by atoms with Crippen LogP contribution in [0, 0.1) is 29.6 Å². The monoisotopic (exact) mass is 609 g/mol. The molecule has 0 bridgehead atoms. The van der Waals surface area contributed by atoms with E-state index in [-0.39, 0.29) is 63.9 Å². The zero-order chi connectivity index (χ0) is 31.8. The van der Waals surface area contributed by atoms with Crippen molar-refractivity contribution in [3.8, 4) is 0 Å². The van der Waals surface area contributed by atoms with Crippen LogP contribution in [0.1, 0.15) is 95.4 Å². The Bertz CT molecular complexity index is 937. The summed E-state index contributed by atoms with van der Waals surface area (Å²) in [6.45, 7) is 33.7. The molecule has 2 saturated heterocycles. The standard InChI is InChI=1S/C33H63NO5Si2/c1-16-26-20-23(3)33(34-30(26)36)25(5)29(39-41(14,15)32(9,10)11)24(4)28(37-33)21-27(22(2)18-17-19-35)38-40(12,13)31(6,7)8/h17-19,22-29H,16,20-21H2,1-15H3,(H,34,36)/b18-17+/t22-,23-,24-,25-,26-,27-,28-,29-,33+/m0/s1. The van der Waals surface area contributed by atoms with Gasteiger partial charge in [-0.05, 0) is 67.5 Å². The zero-order valence-corrected chi connectivity index (χ0v) is 31.0. The van der Waals surface area contributed by atoms with Crippen LogP contribution >= 0.6 is 0 Å². The molecule has 0 radical (unpaired) electrons. The Hall–Kier alpha value is -0.806. The third kappa shape index (κ3) is 7.83. The van der Waals surface area contributed by atoms with Gasteiger partial charge in [-0.1, -0.05) is 82.2 Å². The lowest BCUT2D eigenvalue weighted by molar-refractivity contribution is -0.264. The molecule has 0 unspecified atom stereocenters. The van der Waals surface area contributed by atoms with Crippen molar-refractivity contribution in [1.82, 2.24) is 5.32 Å². The highest BCUT2D eigenvalue weighted by Gasteiger charge is 2.59. The summed E-state index contributed by atoms with van der Waals surface area (Å²) in [7, 11) is -4.26. The first-order chi connectivity index (χ1) is 18.5.